The Morgan fingerprint density at radius 2 is 2.12 bits per heavy atom. The summed E-state index contributed by atoms with van der Waals surface area (Å²) >= 11 is 0. The molecule has 2 aromatic heterocycles. The fraction of sp³-hybridized carbons (Fsp3) is 0.182. The predicted octanol–water partition coefficient (Wildman–Crippen LogP) is 2.74. The van der Waals surface area contributed by atoms with Gasteiger partial charge in [0, 0.05) is 12.4 Å². The van der Waals surface area contributed by atoms with Crippen LogP contribution < -0.4 is 0 Å². The first-order chi connectivity index (χ1) is 7.93. The van der Waals surface area contributed by atoms with E-state index in [0.717, 1.165) is 12.1 Å². The Morgan fingerprint density at radius 1 is 1.41 bits per heavy atom. The van der Waals surface area contributed by atoms with Crippen LogP contribution in [0.25, 0.3) is 5.52 Å². The van der Waals surface area contributed by atoms with E-state index < -0.39 is 17.7 Å². The average Bonchev–Trinajstić information content (AvgIpc) is 2.69. The maximum absolute atomic E-state index is 12.7. The van der Waals surface area contributed by atoms with Gasteiger partial charge in [-0.3, -0.25) is 0 Å². The summed E-state index contributed by atoms with van der Waals surface area (Å²) in [6.07, 6.45) is -1.71. The standard InChI is InChI=1S/C11H8F3NO2/c1-17-10(16)7-5-9-8(11(12,13)14)3-2-4-15(9)6-7/h2-6H,1H3. The molecule has 0 atom stereocenters. The van der Waals surface area contributed by atoms with E-state index in [1.165, 1.54) is 30.0 Å². The van der Waals surface area contributed by atoms with Gasteiger partial charge in [0.2, 0.25) is 0 Å². The molecule has 0 saturated carbocycles. The van der Waals surface area contributed by atoms with Crippen LogP contribution in [0.15, 0.2) is 30.6 Å². The molecule has 0 aliphatic rings. The maximum Gasteiger partial charge on any atom is 0.418 e. The summed E-state index contributed by atoms with van der Waals surface area (Å²) in [5.41, 5.74) is -0.764. The number of ether oxygens (including phenoxy) is 1. The Hall–Kier alpha value is -1.98. The summed E-state index contributed by atoms with van der Waals surface area (Å²) in [5.74, 6) is -0.665. The number of pyridine rings is 1. The SMILES string of the molecule is COC(=O)c1cc2c(C(F)(F)F)cccn2c1. The second-order valence-corrected chi connectivity index (χ2v) is 3.43. The van der Waals surface area contributed by atoms with Gasteiger partial charge in [-0.2, -0.15) is 13.2 Å². The van der Waals surface area contributed by atoms with Crippen LogP contribution in [0.3, 0.4) is 0 Å². The summed E-state index contributed by atoms with van der Waals surface area (Å²) < 4.78 is 43.7. The fourth-order valence-corrected chi connectivity index (χ4v) is 1.61. The number of esters is 1. The highest BCUT2D eigenvalue weighted by Gasteiger charge is 2.33. The third-order valence-electron chi connectivity index (χ3n) is 2.36. The van der Waals surface area contributed by atoms with Crippen LogP contribution in [0.4, 0.5) is 13.2 Å². The van der Waals surface area contributed by atoms with Gasteiger partial charge < -0.3 is 9.14 Å². The van der Waals surface area contributed by atoms with Crippen molar-refractivity contribution in [2.45, 2.75) is 6.18 Å². The molecule has 0 radical (unpaired) electrons. The minimum atomic E-state index is -4.45. The number of hydrogen-bond donors (Lipinski definition) is 0. The Bertz CT molecular complexity index is 572. The highest BCUT2D eigenvalue weighted by Crippen LogP contribution is 2.33. The molecule has 0 aliphatic carbocycles. The Kier molecular flexibility index (Phi) is 2.57. The molecular formula is C11H8F3NO2. The average molecular weight is 243 g/mol. The van der Waals surface area contributed by atoms with Crippen molar-refractivity contribution in [1.82, 2.24) is 4.40 Å². The second-order valence-electron chi connectivity index (χ2n) is 3.43. The number of carbonyl (C=O) groups is 1. The van der Waals surface area contributed by atoms with E-state index in [-0.39, 0.29) is 11.1 Å². The number of nitrogens with zero attached hydrogens (tertiary/aromatic N) is 1. The Morgan fingerprint density at radius 3 is 2.71 bits per heavy atom. The molecule has 2 rings (SSSR count). The molecule has 0 fully saturated rings. The third kappa shape index (κ3) is 1.98. The number of halogens is 3. The largest absolute Gasteiger partial charge is 0.465 e. The van der Waals surface area contributed by atoms with E-state index in [2.05, 4.69) is 4.74 Å². The smallest absolute Gasteiger partial charge is 0.418 e. The van der Waals surface area contributed by atoms with E-state index in [4.69, 9.17) is 0 Å². The molecule has 0 amide bonds. The topological polar surface area (TPSA) is 30.7 Å². The van der Waals surface area contributed by atoms with Crippen molar-refractivity contribution in [2.75, 3.05) is 7.11 Å². The van der Waals surface area contributed by atoms with Crippen LogP contribution in [0.5, 0.6) is 0 Å². The number of alkyl halides is 3. The van der Waals surface area contributed by atoms with E-state index in [1.54, 1.807) is 0 Å². The molecule has 0 aromatic carbocycles. The van der Waals surface area contributed by atoms with E-state index in [1.807, 2.05) is 0 Å². The van der Waals surface area contributed by atoms with E-state index in [0.29, 0.717) is 0 Å². The van der Waals surface area contributed by atoms with Gasteiger partial charge in [0.05, 0.1) is 23.8 Å². The van der Waals surface area contributed by atoms with Gasteiger partial charge >= 0.3 is 12.1 Å². The number of rotatable bonds is 1. The predicted molar refractivity (Wildman–Crippen MR) is 53.7 cm³/mol. The van der Waals surface area contributed by atoms with Crippen LogP contribution in [0, 0.1) is 0 Å². The van der Waals surface area contributed by atoms with Crippen molar-refractivity contribution in [2.24, 2.45) is 0 Å². The first kappa shape index (κ1) is 11.5. The van der Waals surface area contributed by atoms with Crippen molar-refractivity contribution in [1.29, 1.82) is 0 Å². The van der Waals surface area contributed by atoms with Gasteiger partial charge in [-0.25, -0.2) is 4.79 Å². The minimum Gasteiger partial charge on any atom is -0.465 e. The van der Waals surface area contributed by atoms with Crippen molar-refractivity contribution >= 4 is 11.5 Å². The lowest BCUT2D eigenvalue weighted by Gasteiger charge is -2.07. The first-order valence-electron chi connectivity index (χ1n) is 4.69. The van der Waals surface area contributed by atoms with Gasteiger partial charge in [-0.05, 0) is 18.2 Å². The van der Waals surface area contributed by atoms with Crippen molar-refractivity contribution in [3.05, 3.63) is 41.7 Å². The highest BCUT2D eigenvalue weighted by molar-refractivity contribution is 5.91. The fourth-order valence-electron chi connectivity index (χ4n) is 1.61. The first-order valence-corrected chi connectivity index (χ1v) is 4.69. The molecule has 0 spiro atoms. The van der Waals surface area contributed by atoms with Crippen molar-refractivity contribution in [3.8, 4) is 0 Å². The monoisotopic (exact) mass is 243 g/mol. The van der Waals surface area contributed by atoms with Crippen LogP contribution in [-0.2, 0) is 10.9 Å². The number of methoxy groups -OCH3 is 1. The van der Waals surface area contributed by atoms with Crippen molar-refractivity contribution < 1.29 is 22.7 Å². The lowest BCUT2D eigenvalue weighted by Crippen LogP contribution is -2.06. The molecule has 0 N–H and O–H groups in total. The Labute approximate surface area is 94.4 Å². The molecule has 17 heavy (non-hydrogen) atoms. The molecule has 0 saturated heterocycles. The zero-order valence-corrected chi connectivity index (χ0v) is 8.78. The molecule has 0 unspecified atom stereocenters. The van der Waals surface area contributed by atoms with Crippen molar-refractivity contribution in [3.63, 3.8) is 0 Å². The second kappa shape index (κ2) is 3.80. The molecular weight excluding hydrogens is 235 g/mol. The van der Waals surface area contributed by atoms with Crippen LogP contribution in [0.2, 0.25) is 0 Å². The van der Waals surface area contributed by atoms with E-state index in [9.17, 15) is 18.0 Å². The number of fused-ring (bicyclic) bond motifs is 1. The Balaban J connectivity index is 2.65. The zero-order chi connectivity index (χ0) is 12.6. The molecule has 2 heterocycles. The molecule has 0 bridgehead atoms. The molecule has 2 aromatic rings. The molecule has 3 nitrogen and oxygen atoms in total. The molecule has 90 valence electrons. The lowest BCUT2D eigenvalue weighted by molar-refractivity contribution is -0.136. The summed E-state index contributed by atoms with van der Waals surface area (Å²) in [4.78, 5) is 11.2. The van der Waals surface area contributed by atoms with E-state index >= 15 is 0 Å². The summed E-state index contributed by atoms with van der Waals surface area (Å²) in [5, 5.41) is 0. The molecule has 6 heteroatoms. The summed E-state index contributed by atoms with van der Waals surface area (Å²) in [6, 6.07) is 3.40. The number of carbonyl (C=O) groups excluding carboxylic acids is 1. The highest BCUT2D eigenvalue weighted by atomic mass is 19.4. The maximum atomic E-state index is 12.7. The number of aromatic nitrogens is 1. The normalized spacial score (nSPS) is 11.8. The number of hydrogen-bond acceptors (Lipinski definition) is 2. The lowest BCUT2D eigenvalue weighted by atomic mass is 10.2. The minimum absolute atomic E-state index is 0.0691. The zero-order valence-electron chi connectivity index (χ0n) is 8.78. The van der Waals surface area contributed by atoms with Crippen LogP contribution in [-0.4, -0.2) is 17.5 Å². The van der Waals surface area contributed by atoms with Crippen LogP contribution in [0.1, 0.15) is 15.9 Å². The van der Waals surface area contributed by atoms with Gasteiger partial charge in [-0.15, -0.1) is 0 Å². The van der Waals surface area contributed by atoms with Gasteiger partial charge in [-0.1, -0.05) is 0 Å². The summed E-state index contributed by atoms with van der Waals surface area (Å²) in [7, 11) is 1.18. The third-order valence-corrected chi connectivity index (χ3v) is 2.36. The quantitative estimate of drug-likeness (QED) is 0.721. The summed E-state index contributed by atoms with van der Waals surface area (Å²) in [6.45, 7) is 0. The van der Waals surface area contributed by atoms with Gasteiger partial charge in [0.25, 0.3) is 0 Å². The van der Waals surface area contributed by atoms with Gasteiger partial charge in [0.15, 0.2) is 0 Å². The molecule has 0 aliphatic heterocycles. The van der Waals surface area contributed by atoms with Gasteiger partial charge in [0.1, 0.15) is 0 Å². The van der Waals surface area contributed by atoms with Crippen LogP contribution >= 0.6 is 0 Å².